The number of para-hydroxylation sites is 2. The Labute approximate surface area is 201 Å². The van der Waals surface area contributed by atoms with Gasteiger partial charge >= 0.3 is 0 Å². The van der Waals surface area contributed by atoms with Gasteiger partial charge in [-0.2, -0.15) is 0 Å². The van der Waals surface area contributed by atoms with Crippen LogP contribution in [0.15, 0.2) is 91.0 Å². The fourth-order valence-corrected chi connectivity index (χ4v) is 4.20. The van der Waals surface area contributed by atoms with Crippen LogP contribution >= 0.6 is 0 Å². The molecule has 174 valence electrons. The molecule has 0 radical (unpaired) electrons. The molecule has 4 nitrogen and oxygen atoms in total. The number of hydrogen-bond donors (Lipinski definition) is 0. The first-order chi connectivity index (χ1) is 16.7. The highest BCUT2D eigenvalue weighted by Crippen LogP contribution is 2.49. The van der Waals surface area contributed by atoms with Gasteiger partial charge in [0.1, 0.15) is 11.5 Å². The zero-order chi connectivity index (χ0) is 23.8. The molecule has 0 bridgehead atoms. The zero-order valence-corrected chi connectivity index (χ0v) is 19.9. The first-order valence-corrected chi connectivity index (χ1v) is 11.4. The van der Waals surface area contributed by atoms with E-state index in [1.807, 2.05) is 60.7 Å². The Kier molecular flexibility index (Phi) is 7.71. The summed E-state index contributed by atoms with van der Waals surface area (Å²) in [7, 11) is 4.96. The monoisotopic (exact) mass is 454 g/mol. The van der Waals surface area contributed by atoms with Crippen LogP contribution in [0.3, 0.4) is 0 Å². The van der Waals surface area contributed by atoms with Gasteiger partial charge in [0.05, 0.1) is 21.3 Å². The molecule has 0 spiro atoms. The van der Waals surface area contributed by atoms with Gasteiger partial charge in [0.25, 0.3) is 0 Å². The molecule has 0 fully saturated rings. The third kappa shape index (κ3) is 5.18. The lowest BCUT2D eigenvalue weighted by molar-refractivity contribution is 0.323. The van der Waals surface area contributed by atoms with Crippen molar-refractivity contribution in [2.45, 2.75) is 19.3 Å². The predicted molar refractivity (Wildman–Crippen MR) is 137 cm³/mol. The molecule has 0 amide bonds. The fraction of sp³-hybridized carbons (Fsp3) is 0.200. The van der Waals surface area contributed by atoms with Crippen LogP contribution in [0.4, 0.5) is 0 Å². The number of methoxy groups -OCH3 is 3. The van der Waals surface area contributed by atoms with Gasteiger partial charge in [-0.3, -0.25) is 0 Å². The molecule has 4 heteroatoms. The molecule has 0 aliphatic heterocycles. The molecule has 0 heterocycles. The molecule has 0 aromatic heterocycles. The highest BCUT2D eigenvalue weighted by atomic mass is 16.5. The van der Waals surface area contributed by atoms with E-state index in [4.69, 9.17) is 18.9 Å². The Morgan fingerprint density at radius 1 is 0.559 bits per heavy atom. The SMILES string of the molecule is COc1c(CCCc2ccccc2)cc(-c2ccccc2Oc2ccccc2)c(OC)c1OC. The number of aryl methyl sites for hydroxylation is 2. The second kappa shape index (κ2) is 11.3. The molecule has 0 N–H and O–H groups in total. The summed E-state index contributed by atoms with van der Waals surface area (Å²) >= 11 is 0. The summed E-state index contributed by atoms with van der Waals surface area (Å²) < 4.78 is 23.7. The summed E-state index contributed by atoms with van der Waals surface area (Å²) in [4.78, 5) is 0. The van der Waals surface area contributed by atoms with Crippen LogP contribution in [0.2, 0.25) is 0 Å². The normalized spacial score (nSPS) is 10.6. The molecule has 0 saturated carbocycles. The zero-order valence-electron chi connectivity index (χ0n) is 19.9. The van der Waals surface area contributed by atoms with Gasteiger partial charge < -0.3 is 18.9 Å². The van der Waals surface area contributed by atoms with E-state index in [1.54, 1.807) is 21.3 Å². The fourth-order valence-electron chi connectivity index (χ4n) is 4.20. The number of ether oxygens (including phenoxy) is 4. The van der Waals surface area contributed by atoms with Crippen molar-refractivity contribution in [1.29, 1.82) is 0 Å². The maximum Gasteiger partial charge on any atom is 0.204 e. The van der Waals surface area contributed by atoms with Gasteiger partial charge in [0, 0.05) is 11.1 Å². The van der Waals surface area contributed by atoms with Crippen molar-refractivity contribution in [3.63, 3.8) is 0 Å². The van der Waals surface area contributed by atoms with Crippen LogP contribution in [0, 0.1) is 0 Å². The van der Waals surface area contributed by atoms with E-state index in [-0.39, 0.29) is 0 Å². The molecule has 4 aromatic rings. The molecule has 34 heavy (non-hydrogen) atoms. The molecule has 0 saturated heterocycles. The Morgan fingerprint density at radius 3 is 1.85 bits per heavy atom. The van der Waals surface area contributed by atoms with Gasteiger partial charge in [-0.05, 0) is 54.7 Å². The first-order valence-electron chi connectivity index (χ1n) is 11.4. The first kappa shape index (κ1) is 23.2. The van der Waals surface area contributed by atoms with Gasteiger partial charge in [-0.15, -0.1) is 0 Å². The molecule has 4 rings (SSSR count). The summed E-state index contributed by atoms with van der Waals surface area (Å²) in [6.07, 6.45) is 2.81. The Hall–Kier alpha value is -3.92. The molecule has 0 unspecified atom stereocenters. The molecule has 0 aliphatic carbocycles. The molecular weight excluding hydrogens is 424 g/mol. The Bertz CT molecular complexity index is 1200. The van der Waals surface area contributed by atoms with Crippen molar-refractivity contribution in [3.8, 4) is 39.9 Å². The van der Waals surface area contributed by atoms with E-state index in [2.05, 4.69) is 30.3 Å². The van der Waals surface area contributed by atoms with E-state index in [0.717, 1.165) is 47.5 Å². The minimum Gasteiger partial charge on any atom is -0.492 e. The summed E-state index contributed by atoms with van der Waals surface area (Å²) in [6.45, 7) is 0. The Balaban J connectivity index is 1.74. The molecule has 4 aromatic carbocycles. The average Bonchev–Trinajstić information content (AvgIpc) is 2.89. The van der Waals surface area contributed by atoms with E-state index in [9.17, 15) is 0 Å². The number of benzene rings is 4. The summed E-state index contributed by atoms with van der Waals surface area (Å²) in [5.74, 6) is 3.44. The van der Waals surface area contributed by atoms with Crippen LogP contribution < -0.4 is 18.9 Å². The molecular formula is C30H30O4. The van der Waals surface area contributed by atoms with Crippen molar-refractivity contribution < 1.29 is 18.9 Å². The lowest BCUT2D eigenvalue weighted by Crippen LogP contribution is -2.02. The smallest absolute Gasteiger partial charge is 0.204 e. The highest BCUT2D eigenvalue weighted by molar-refractivity contribution is 5.81. The molecule has 0 atom stereocenters. The van der Waals surface area contributed by atoms with E-state index in [1.165, 1.54) is 5.56 Å². The lowest BCUT2D eigenvalue weighted by Gasteiger charge is -2.21. The number of hydrogen-bond acceptors (Lipinski definition) is 4. The quantitative estimate of drug-likeness (QED) is 0.251. The predicted octanol–water partition coefficient (Wildman–Crippen LogP) is 7.35. The second-order valence-electron chi connectivity index (χ2n) is 7.93. The molecule has 0 aliphatic rings. The van der Waals surface area contributed by atoms with Gasteiger partial charge in [-0.1, -0.05) is 66.7 Å². The number of rotatable bonds is 10. The summed E-state index contributed by atoms with van der Waals surface area (Å²) in [5, 5.41) is 0. The van der Waals surface area contributed by atoms with E-state index >= 15 is 0 Å². The van der Waals surface area contributed by atoms with Crippen LogP contribution in [0.1, 0.15) is 17.5 Å². The van der Waals surface area contributed by atoms with Crippen LogP contribution in [0.25, 0.3) is 11.1 Å². The summed E-state index contributed by atoms with van der Waals surface area (Å²) in [6, 6.07) is 30.4. The lowest BCUT2D eigenvalue weighted by atomic mass is 9.96. The standard InChI is InChI=1S/C30H30O4/c1-31-28-23(16-12-15-22-13-6-4-7-14-22)21-26(29(32-2)30(28)33-3)25-19-10-11-20-27(25)34-24-17-8-5-9-18-24/h4-11,13-14,17-21H,12,15-16H2,1-3H3. The van der Waals surface area contributed by atoms with E-state index in [0.29, 0.717) is 17.2 Å². The van der Waals surface area contributed by atoms with Crippen molar-refractivity contribution in [2.24, 2.45) is 0 Å². The van der Waals surface area contributed by atoms with Crippen molar-refractivity contribution in [3.05, 3.63) is 102 Å². The minimum atomic E-state index is 0.590. The van der Waals surface area contributed by atoms with Gasteiger partial charge in [0.15, 0.2) is 11.5 Å². The van der Waals surface area contributed by atoms with Crippen molar-refractivity contribution in [1.82, 2.24) is 0 Å². The van der Waals surface area contributed by atoms with Crippen molar-refractivity contribution >= 4 is 0 Å². The van der Waals surface area contributed by atoms with Gasteiger partial charge in [0.2, 0.25) is 5.75 Å². The largest absolute Gasteiger partial charge is 0.492 e. The van der Waals surface area contributed by atoms with Crippen LogP contribution in [0.5, 0.6) is 28.7 Å². The minimum absolute atomic E-state index is 0.590. The van der Waals surface area contributed by atoms with Gasteiger partial charge in [-0.25, -0.2) is 0 Å². The topological polar surface area (TPSA) is 36.9 Å². The third-order valence-electron chi connectivity index (χ3n) is 5.78. The highest BCUT2D eigenvalue weighted by Gasteiger charge is 2.23. The Morgan fingerprint density at radius 2 is 1.18 bits per heavy atom. The van der Waals surface area contributed by atoms with Crippen molar-refractivity contribution in [2.75, 3.05) is 21.3 Å². The average molecular weight is 455 g/mol. The van der Waals surface area contributed by atoms with Crippen LogP contribution in [-0.2, 0) is 12.8 Å². The second-order valence-corrected chi connectivity index (χ2v) is 7.93. The van der Waals surface area contributed by atoms with Crippen LogP contribution in [-0.4, -0.2) is 21.3 Å². The maximum atomic E-state index is 6.24. The maximum absolute atomic E-state index is 6.24. The summed E-state index contributed by atoms with van der Waals surface area (Å²) in [5.41, 5.74) is 4.22. The third-order valence-corrected chi connectivity index (χ3v) is 5.78. The van der Waals surface area contributed by atoms with E-state index < -0.39 is 0 Å².